The van der Waals surface area contributed by atoms with Gasteiger partial charge in [0.05, 0.1) is 35.9 Å². The van der Waals surface area contributed by atoms with Crippen molar-refractivity contribution in [2.75, 3.05) is 13.2 Å². The highest BCUT2D eigenvalue weighted by molar-refractivity contribution is 5.35. The number of ether oxygens (including phenoxy) is 3. The molecular formula is C22H30O7. The Labute approximate surface area is 170 Å². The van der Waals surface area contributed by atoms with Crippen LogP contribution in [0.2, 0.25) is 0 Å². The Bertz CT molecular complexity index is 758. The van der Waals surface area contributed by atoms with E-state index in [-0.39, 0.29) is 37.6 Å². The molecule has 4 N–H and O–H groups in total. The second kappa shape index (κ2) is 5.95. The molecule has 4 atom stereocenters. The third-order valence-corrected chi connectivity index (χ3v) is 6.94. The summed E-state index contributed by atoms with van der Waals surface area (Å²) < 4.78 is 18.1. The van der Waals surface area contributed by atoms with E-state index in [0.717, 1.165) is 0 Å². The Morgan fingerprint density at radius 1 is 0.793 bits per heavy atom. The number of hydrogen-bond donors (Lipinski definition) is 4. The number of hydrogen-bond acceptors (Lipinski definition) is 7. The number of epoxide rings is 2. The van der Waals surface area contributed by atoms with E-state index in [0.29, 0.717) is 0 Å². The zero-order valence-corrected chi connectivity index (χ0v) is 17.3. The average Bonchev–Trinajstić information content (AvgIpc) is 3.44. The molecule has 4 unspecified atom stereocenters. The summed E-state index contributed by atoms with van der Waals surface area (Å²) in [5, 5.41) is 42.5. The molecule has 2 aliphatic carbocycles. The van der Waals surface area contributed by atoms with Gasteiger partial charge in [0.25, 0.3) is 0 Å². The molecule has 2 heterocycles. The smallest absolute Gasteiger partial charge is 0.152 e. The van der Waals surface area contributed by atoms with Crippen LogP contribution in [0.25, 0.3) is 0 Å². The first-order valence-electron chi connectivity index (χ1n) is 9.90. The van der Waals surface area contributed by atoms with E-state index in [1.807, 2.05) is 27.7 Å². The van der Waals surface area contributed by atoms with Crippen molar-refractivity contribution in [3.05, 3.63) is 48.0 Å². The van der Waals surface area contributed by atoms with Crippen LogP contribution in [0.3, 0.4) is 0 Å². The molecule has 7 nitrogen and oxygen atoms in total. The monoisotopic (exact) mass is 406 g/mol. The Kier molecular flexibility index (Phi) is 4.23. The number of rotatable bonds is 6. The molecule has 2 saturated heterocycles. The van der Waals surface area contributed by atoms with Gasteiger partial charge in [-0.05, 0) is 52.0 Å². The highest BCUT2D eigenvalue weighted by Crippen LogP contribution is 2.57. The van der Waals surface area contributed by atoms with Crippen LogP contribution in [-0.4, -0.2) is 67.2 Å². The van der Waals surface area contributed by atoms with Crippen molar-refractivity contribution >= 4 is 0 Å². The molecule has 0 saturated carbocycles. The molecule has 4 aliphatic rings. The zero-order valence-electron chi connectivity index (χ0n) is 17.3. The fourth-order valence-electron chi connectivity index (χ4n) is 5.16. The van der Waals surface area contributed by atoms with Crippen LogP contribution >= 0.6 is 0 Å². The fourth-order valence-corrected chi connectivity index (χ4v) is 5.16. The molecule has 0 bridgehead atoms. The molecule has 2 fully saturated rings. The van der Waals surface area contributed by atoms with E-state index < -0.39 is 33.6 Å². The first kappa shape index (κ1) is 20.6. The Balaban J connectivity index is 1.61. The minimum atomic E-state index is -1.42. The predicted octanol–water partition coefficient (Wildman–Crippen LogP) is 2.36. The number of aliphatic hydroxyl groups is 4. The molecule has 0 aromatic rings. The molecule has 4 rings (SSSR count). The normalized spacial score (nSPS) is 41.7. The number of allylic oxidation sites excluding steroid dienone is 4. The quantitative estimate of drug-likeness (QED) is 0.501. The summed E-state index contributed by atoms with van der Waals surface area (Å²) in [6, 6.07) is 0. The predicted molar refractivity (Wildman–Crippen MR) is 105 cm³/mol. The Morgan fingerprint density at radius 2 is 1.14 bits per heavy atom. The molecule has 0 aromatic carbocycles. The second-order valence-corrected chi connectivity index (χ2v) is 9.59. The van der Waals surface area contributed by atoms with Gasteiger partial charge in [-0.1, -0.05) is 12.2 Å². The van der Waals surface area contributed by atoms with Crippen molar-refractivity contribution in [2.45, 2.75) is 74.1 Å². The molecular weight excluding hydrogens is 376 g/mol. The van der Waals surface area contributed by atoms with Gasteiger partial charge < -0.3 is 34.6 Å². The van der Waals surface area contributed by atoms with Crippen LogP contribution in [0.4, 0.5) is 0 Å². The molecule has 0 spiro atoms. The maximum atomic E-state index is 11.3. The van der Waals surface area contributed by atoms with Gasteiger partial charge in [0.1, 0.15) is 11.2 Å². The average molecular weight is 406 g/mol. The highest BCUT2D eigenvalue weighted by atomic mass is 16.7. The van der Waals surface area contributed by atoms with Gasteiger partial charge in [-0.25, -0.2) is 0 Å². The molecule has 0 aromatic heterocycles. The van der Waals surface area contributed by atoms with Crippen molar-refractivity contribution in [1.82, 2.24) is 0 Å². The van der Waals surface area contributed by atoms with Gasteiger partial charge in [0, 0.05) is 12.8 Å². The SMILES string of the molecule is CC(C)(OC(C)(C)C1(C2(O)C=CC=C(O)C2)CO1)C1(C2(O)C=CC=C(O)C2)CO1. The van der Waals surface area contributed by atoms with Crippen LogP contribution < -0.4 is 0 Å². The zero-order chi connectivity index (χ0) is 21.3. The maximum Gasteiger partial charge on any atom is 0.152 e. The summed E-state index contributed by atoms with van der Waals surface area (Å²) in [5.74, 6) is 0.150. The minimum absolute atomic E-state index is 0.0315. The van der Waals surface area contributed by atoms with Crippen molar-refractivity contribution in [3.8, 4) is 0 Å². The maximum absolute atomic E-state index is 11.3. The second-order valence-electron chi connectivity index (χ2n) is 9.59. The fraction of sp³-hybridized carbons (Fsp3) is 0.636. The molecule has 0 amide bonds. The lowest BCUT2D eigenvalue weighted by Gasteiger charge is -2.49. The molecule has 160 valence electrons. The summed E-state index contributed by atoms with van der Waals surface area (Å²) in [4.78, 5) is 0. The van der Waals surface area contributed by atoms with Crippen molar-refractivity contribution < 1.29 is 34.6 Å². The van der Waals surface area contributed by atoms with Gasteiger partial charge in [0.2, 0.25) is 0 Å². The van der Waals surface area contributed by atoms with Crippen LogP contribution in [-0.2, 0) is 14.2 Å². The standard InChI is InChI=1S/C22H30O7/c1-17(2,21(13-27-21)19(25)9-5-7-15(23)11-19)29-18(3,4)22(14-28-22)20(26)10-6-8-16(24)12-20/h5-10,23-26H,11-14H2,1-4H3. The van der Waals surface area contributed by atoms with Crippen LogP contribution in [0, 0.1) is 0 Å². The lowest BCUT2D eigenvalue weighted by Crippen LogP contribution is -2.65. The molecule has 29 heavy (non-hydrogen) atoms. The van der Waals surface area contributed by atoms with E-state index in [1.54, 1.807) is 36.5 Å². The van der Waals surface area contributed by atoms with Gasteiger partial charge in [-0.15, -0.1) is 0 Å². The van der Waals surface area contributed by atoms with E-state index in [1.165, 1.54) is 0 Å². The van der Waals surface area contributed by atoms with Crippen molar-refractivity contribution in [2.24, 2.45) is 0 Å². The first-order valence-corrected chi connectivity index (χ1v) is 9.90. The summed E-state index contributed by atoms with van der Waals surface area (Å²) in [5.41, 5.74) is -6.94. The van der Waals surface area contributed by atoms with Gasteiger partial charge in [0.15, 0.2) is 11.2 Å². The third kappa shape index (κ3) is 2.83. The molecule has 7 heteroatoms. The number of aliphatic hydroxyl groups excluding tert-OH is 2. The largest absolute Gasteiger partial charge is 0.512 e. The summed E-state index contributed by atoms with van der Waals surface area (Å²) in [7, 11) is 0. The first-order chi connectivity index (χ1) is 13.3. The van der Waals surface area contributed by atoms with Crippen LogP contribution in [0.5, 0.6) is 0 Å². The lowest BCUT2D eigenvalue weighted by molar-refractivity contribution is -0.229. The summed E-state index contributed by atoms with van der Waals surface area (Å²) in [6.45, 7) is 7.86. The highest BCUT2D eigenvalue weighted by Gasteiger charge is 2.74. The van der Waals surface area contributed by atoms with E-state index in [9.17, 15) is 20.4 Å². The van der Waals surface area contributed by atoms with Crippen molar-refractivity contribution in [1.29, 1.82) is 0 Å². The van der Waals surface area contributed by atoms with Gasteiger partial charge >= 0.3 is 0 Å². The molecule has 0 radical (unpaired) electrons. The Morgan fingerprint density at radius 3 is 1.41 bits per heavy atom. The van der Waals surface area contributed by atoms with E-state index in [2.05, 4.69) is 0 Å². The topological polar surface area (TPSA) is 115 Å². The Hall–Kier alpha value is -1.64. The minimum Gasteiger partial charge on any atom is -0.512 e. The van der Waals surface area contributed by atoms with Crippen LogP contribution in [0.15, 0.2) is 48.0 Å². The summed E-state index contributed by atoms with van der Waals surface area (Å²) in [6.07, 6.45) is 9.62. The van der Waals surface area contributed by atoms with Gasteiger partial charge in [-0.3, -0.25) is 0 Å². The van der Waals surface area contributed by atoms with E-state index >= 15 is 0 Å². The van der Waals surface area contributed by atoms with Gasteiger partial charge in [-0.2, -0.15) is 0 Å². The van der Waals surface area contributed by atoms with E-state index in [4.69, 9.17) is 14.2 Å². The lowest BCUT2D eigenvalue weighted by atomic mass is 9.70. The summed E-state index contributed by atoms with van der Waals surface area (Å²) >= 11 is 0. The molecule has 2 aliphatic heterocycles. The van der Waals surface area contributed by atoms with Crippen molar-refractivity contribution in [3.63, 3.8) is 0 Å². The third-order valence-electron chi connectivity index (χ3n) is 6.94. The van der Waals surface area contributed by atoms with Crippen LogP contribution in [0.1, 0.15) is 40.5 Å².